The first-order valence-electron chi connectivity index (χ1n) is 13.2. The van der Waals surface area contributed by atoms with Gasteiger partial charge in [-0.2, -0.15) is 0 Å². The summed E-state index contributed by atoms with van der Waals surface area (Å²) in [5, 5.41) is 0. The van der Waals surface area contributed by atoms with Gasteiger partial charge in [-0.25, -0.2) is 0 Å². The Bertz CT molecular complexity index is 663. The second-order valence-electron chi connectivity index (χ2n) is 13.0. The van der Waals surface area contributed by atoms with Gasteiger partial charge in [0.1, 0.15) is 0 Å². The van der Waals surface area contributed by atoms with Gasteiger partial charge in [0, 0.05) is 6.04 Å². The largest absolute Gasteiger partial charge is 0.344 e. The molecule has 1 heterocycles. The first-order valence-corrected chi connectivity index (χ1v) is 13.2. The number of rotatable bonds is 3. The predicted octanol–water partition coefficient (Wildman–Crippen LogP) is 6.15. The fourth-order valence-electron chi connectivity index (χ4n) is 9.84. The van der Waals surface area contributed by atoms with E-state index in [2.05, 4.69) is 41.5 Å². The van der Waals surface area contributed by atoms with Gasteiger partial charge in [-0.15, -0.1) is 0 Å². The van der Waals surface area contributed by atoms with E-state index in [1.54, 1.807) is 0 Å². The normalized spacial score (nSPS) is 55.3. The number of ether oxygens (including phenoxy) is 2. The molecule has 4 saturated carbocycles. The van der Waals surface area contributed by atoms with Crippen LogP contribution in [-0.4, -0.2) is 24.0 Å². The summed E-state index contributed by atoms with van der Waals surface area (Å²) >= 11 is 0. The Morgan fingerprint density at radius 1 is 0.867 bits per heavy atom. The zero-order chi connectivity index (χ0) is 21.5. The molecule has 0 aromatic heterocycles. The molecule has 172 valence electrons. The first-order chi connectivity index (χ1) is 14.1. The van der Waals surface area contributed by atoms with E-state index < -0.39 is 5.79 Å². The minimum atomic E-state index is -0.450. The van der Waals surface area contributed by atoms with Gasteiger partial charge >= 0.3 is 0 Å². The Morgan fingerprint density at radius 2 is 1.53 bits per heavy atom. The van der Waals surface area contributed by atoms with E-state index in [1.165, 1.54) is 51.4 Å². The lowest BCUT2D eigenvalue weighted by molar-refractivity contribution is -0.182. The standard InChI is InChI=1S/C27H47NO2/c1-7-8-16(2)18-9-10-19-22-20(12-14-26(18,19)5)27(6)13-11-17(28)15-21(27)23-24(22)30-25(3,4)29-23/h16-24H,7-15,28H2,1-6H3/t16-,17+,18-,19?,20?,21?,22?,23-,24-,26-,27-/m1/s1. The van der Waals surface area contributed by atoms with Crippen molar-refractivity contribution < 1.29 is 9.47 Å². The van der Waals surface area contributed by atoms with Crippen LogP contribution >= 0.6 is 0 Å². The maximum atomic E-state index is 6.78. The van der Waals surface area contributed by atoms with Crippen molar-refractivity contribution in [1.29, 1.82) is 0 Å². The Hall–Kier alpha value is -0.120. The molecule has 0 spiro atoms. The molecule has 4 unspecified atom stereocenters. The van der Waals surface area contributed by atoms with E-state index in [0.717, 1.165) is 30.1 Å². The fraction of sp³-hybridized carbons (Fsp3) is 1.00. The van der Waals surface area contributed by atoms with Crippen LogP contribution in [-0.2, 0) is 9.47 Å². The highest BCUT2D eigenvalue weighted by Gasteiger charge is 2.68. The van der Waals surface area contributed by atoms with E-state index in [9.17, 15) is 0 Å². The fourth-order valence-corrected chi connectivity index (χ4v) is 9.84. The van der Waals surface area contributed by atoms with E-state index >= 15 is 0 Å². The summed E-state index contributed by atoms with van der Waals surface area (Å²) < 4.78 is 13.5. The maximum absolute atomic E-state index is 6.78. The molecule has 4 aliphatic carbocycles. The highest BCUT2D eigenvalue weighted by atomic mass is 16.8. The Labute approximate surface area is 185 Å². The van der Waals surface area contributed by atoms with Gasteiger partial charge in [0.2, 0.25) is 0 Å². The quantitative estimate of drug-likeness (QED) is 0.599. The van der Waals surface area contributed by atoms with Gasteiger partial charge in [-0.1, -0.05) is 40.5 Å². The van der Waals surface area contributed by atoms with Gasteiger partial charge in [0.25, 0.3) is 0 Å². The molecule has 0 aromatic rings. The predicted molar refractivity (Wildman–Crippen MR) is 122 cm³/mol. The summed E-state index contributed by atoms with van der Waals surface area (Å²) in [6, 6.07) is 0.340. The molecule has 0 aromatic carbocycles. The molecule has 1 aliphatic heterocycles. The zero-order valence-corrected chi connectivity index (χ0v) is 20.5. The molecule has 30 heavy (non-hydrogen) atoms. The molecule has 5 aliphatic rings. The number of hydrogen-bond donors (Lipinski definition) is 1. The molecule has 1 saturated heterocycles. The monoisotopic (exact) mass is 417 g/mol. The average Bonchev–Trinajstić information content (AvgIpc) is 3.19. The van der Waals surface area contributed by atoms with E-state index in [0.29, 0.717) is 28.7 Å². The van der Waals surface area contributed by atoms with Crippen LogP contribution in [0.15, 0.2) is 0 Å². The van der Waals surface area contributed by atoms with Gasteiger partial charge in [-0.3, -0.25) is 0 Å². The van der Waals surface area contributed by atoms with Crippen LogP contribution in [0.25, 0.3) is 0 Å². The van der Waals surface area contributed by atoms with E-state index in [4.69, 9.17) is 15.2 Å². The van der Waals surface area contributed by atoms with Crippen LogP contribution in [0.1, 0.15) is 99.3 Å². The molecule has 0 bridgehead atoms. The number of nitrogens with two attached hydrogens (primary N) is 1. The van der Waals surface area contributed by atoms with Crippen LogP contribution in [0, 0.1) is 46.3 Å². The zero-order valence-electron chi connectivity index (χ0n) is 20.5. The van der Waals surface area contributed by atoms with Crippen molar-refractivity contribution in [2.24, 2.45) is 52.1 Å². The molecule has 2 N–H and O–H groups in total. The minimum Gasteiger partial charge on any atom is -0.344 e. The lowest BCUT2D eigenvalue weighted by atomic mass is 9.43. The molecule has 5 rings (SSSR count). The molecule has 0 amide bonds. The van der Waals surface area contributed by atoms with Crippen molar-refractivity contribution in [2.45, 2.75) is 123 Å². The summed E-state index contributed by atoms with van der Waals surface area (Å²) in [5.41, 5.74) is 7.37. The molecule has 0 radical (unpaired) electrons. The van der Waals surface area contributed by atoms with Crippen molar-refractivity contribution >= 4 is 0 Å². The Kier molecular flexibility index (Phi) is 5.20. The summed E-state index contributed by atoms with van der Waals surface area (Å²) in [6.45, 7) is 14.5. The van der Waals surface area contributed by atoms with Crippen molar-refractivity contribution in [3.8, 4) is 0 Å². The first kappa shape index (κ1) is 21.7. The van der Waals surface area contributed by atoms with Gasteiger partial charge in [-0.05, 0) is 105 Å². The lowest BCUT2D eigenvalue weighted by Gasteiger charge is -2.63. The van der Waals surface area contributed by atoms with Crippen molar-refractivity contribution in [3.05, 3.63) is 0 Å². The van der Waals surface area contributed by atoms with Gasteiger partial charge in [0.15, 0.2) is 5.79 Å². The topological polar surface area (TPSA) is 44.5 Å². The van der Waals surface area contributed by atoms with Crippen molar-refractivity contribution in [2.75, 3.05) is 0 Å². The highest BCUT2D eigenvalue weighted by molar-refractivity contribution is 5.16. The average molecular weight is 418 g/mol. The molecule has 3 heteroatoms. The molecule has 3 nitrogen and oxygen atoms in total. The molecule has 5 fully saturated rings. The summed E-state index contributed by atoms with van der Waals surface area (Å²) in [7, 11) is 0. The second-order valence-corrected chi connectivity index (χ2v) is 13.0. The van der Waals surface area contributed by atoms with Crippen molar-refractivity contribution in [1.82, 2.24) is 0 Å². The summed E-state index contributed by atoms with van der Waals surface area (Å²) in [4.78, 5) is 0. The minimum absolute atomic E-state index is 0.243. The van der Waals surface area contributed by atoms with Crippen LogP contribution in [0.2, 0.25) is 0 Å². The number of fused-ring (bicyclic) bond motifs is 8. The smallest absolute Gasteiger partial charge is 0.163 e. The number of hydrogen-bond acceptors (Lipinski definition) is 3. The molecular weight excluding hydrogens is 370 g/mol. The highest BCUT2D eigenvalue weighted by Crippen LogP contribution is 2.70. The van der Waals surface area contributed by atoms with E-state index in [-0.39, 0.29) is 12.2 Å². The Morgan fingerprint density at radius 3 is 2.27 bits per heavy atom. The summed E-state index contributed by atoms with van der Waals surface area (Å²) in [6.07, 6.45) is 12.5. The SMILES string of the molecule is CCC[C@@H](C)[C@H]1CCC2C3C(CC[C@@]21C)[C@@]1(C)CC[C@H](N)CC1[C@H]1OC(C)(C)O[C@H]31. The third kappa shape index (κ3) is 3.00. The molecule has 11 atom stereocenters. The third-order valence-electron chi connectivity index (χ3n) is 11.1. The van der Waals surface area contributed by atoms with Crippen LogP contribution in [0.5, 0.6) is 0 Å². The second kappa shape index (κ2) is 7.19. The van der Waals surface area contributed by atoms with E-state index in [1.807, 2.05) is 0 Å². The van der Waals surface area contributed by atoms with Crippen LogP contribution in [0.4, 0.5) is 0 Å². The van der Waals surface area contributed by atoms with Gasteiger partial charge in [0.05, 0.1) is 12.2 Å². The van der Waals surface area contributed by atoms with Crippen molar-refractivity contribution in [3.63, 3.8) is 0 Å². The summed E-state index contributed by atoms with van der Waals surface area (Å²) in [5.74, 6) is 4.12. The lowest BCUT2D eigenvalue weighted by Crippen LogP contribution is -2.63. The Balaban J connectivity index is 1.52. The maximum Gasteiger partial charge on any atom is 0.163 e. The van der Waals surface area contributed by atoms with Crippen LogP contribution in [0.3, 0.4) is 0 Å². The third-order valence-corrected chi connectivity index (χ3v) is 11.1. The molecular formula is C27H47NO2. The van der Waals surface area contributed by atoms with Gasteiger partial charge < -0.3 is 15.2 Å². The van der Waals surface area contributed by atoms with Crippen LogP contribution < -0.4 is 5.73 Å².